The van der Waals surface area contributed by atoms with Crippen molar-refractivity contribution in [3.05, 3.63) is 35.4 Å². The fourth-order valence-corrected chi connectivity index (χ4v) is 2.56. The van der Waals surface area contributed by atoms with Crippen molar-refractivity contribution in [2.45, 2.75) is 19.8 Å². The molecule has 1 saturated carbocycles. The summed E-state index contributed by atoms with van der Waals surface area (Å²) < 4.78 is 27.0. The van der Waals surface area contributed by atoms with Crippen LogP contribution in [0.15, 0.2) is 18.2 Å². The monoisotopic (exact) mass is 211 g/mol. The highest BCUT2D eigenvalue weighted by Gasteiger charge is 2.58. The predicted octanol–water partition coefficient (Wildman–Crippen LogP) is 2.66. The van der Waals surface area contributed by atoms with Gasteiger partial charge in [-0.1, -0.05) is 19.9 Å². The molecular weight excluding hydrogens is 196 g/mol. The minimum absolute atomic E-state index is 0.0799. The second-order valence-corrected chi connectivity index (χ2v) is 4.78. The molecule has 1 aliphatic rings. The molecule has 0 aromatic heterocycles. The highest BCUT2D eigenvalue weighted by Crippen LogP contribution is 2.64. The Hall–Kier alpha value is -0.960. The SMILES string of the molecule is CC1(C)[C@@H](CN)[C@@H]1c1c(F)cccc1F. The van der Waals surface area contributed by atoms with Crippen LogP contribution in [0.5, 0.6) is 0 Å². The van der Waals surface area contributed by atoms with E-state index < -0.39 is 11.6 Å². The van der Waals surface area contributed by atoms with Crippen LogP contribution in [0.4, 0.5) is 8.78 Å². The average molecular weight is 211 g/mol. The van der Waals surface area contributed by atoms with Crippen LogP contribution in [-0.4, -0.2) is 6.54 Å². The third-order valence-electron chi connectivity index (χ3n) is 3.62. The van der Waals surface area contributed by atoms with E-state index in [-0.39, 0.29) is 22.8 Å². The fraction of sp³-hybridized carbons (Fsp3) is 0.500. The van der Waals surface area contributed by atoms with E-state index in [1.807, 2.05) is 13.8 Å². The van der Waals surface area contributed by atoms with E-state index in [1.165, 1.54) is 18.2 Å². The van der Waals surface area contributed by atoms with Crippen LogP contribution in [-0.2, 0) is 0 Å². The highest BCUT2D eigenvalue weighted by molar-refractivity contribution is 5.34. The molecule has 1 nitrogen and oxygen atoms in total. The molecule has 1 aromatic rings. The number of nitrogens with two attached hydrogens (primary N) is 1. The molecule has 0 amide bonds. The smallest absolute Gasteiger partial charge is 0.129 e. The molecule has 2 atom stereocenters. The minimum Gasteiger partial charge on any atom is -0.330 e. The molecule has 0 saturated heterocycles. The van der Waals surface area contributed by atoms with E-state index >= 15 is 0 Å². The summed E-state index contributed by atoms with van der Waals surface area (Å²) in [5, 5.41) is 0. The zero-order valence-corrected chi connectivity index (χ0v) is 8.93. The third kappa shape index (κ3) is 1.46. The Kier molecular flexibility index (Phi) is 2.30. The van der Waals surface area contributed by atoms with Gasteiger partial charge in [0.15, 0.2) is 0 Å². The van der Waals surface area contributed by atoms with Crippen molar-refractivity contribution < 1.29 is 8.78 Å². The Morgan fingerprint density at radius 1 is 1.27 bits per heavy atom. The molecule has 1 aliphatic carbocycles. The molecule has 82 valence electrons. The highest BCUT2D eigenvalue weighted by atomic mass is 19.1. The lowest BCUT2D eigenvalue weighted by atomic mass is 10.0. The summed E-state index contributed by atoms with van der Waals surface area (Å²) in [4.78, 5) is 0. The van der Waals surface area contributed by atoms with Gasteiger partial charge in [0, 0.05) is 5.56 Å². The first-order valence-corrected chi connectivity index (χ1v) is 5.14. The van der Waals surface area contributed by atoms with Gasteiger partial charge < -0.3 is 5.73 Å². The van der Waals surface area contributed by atoms with Crippen molar-refractivity contribution in [1.82, 2.24) is 0 Å². The van der Waals surface area contributed by atoms with Gasteiger partial charge in [0.1, 0.15) is 11.6 Å². The van der Waals surface area contributed by atoms with E-state index in [0.29, 0.717) is 6.54 Å². The summed E-state index contributed by atoms with van der Waals surface area (Å²) in [5.74, 6) is -0.805. The van der Waals surface area contributed by atoms with E-state index in [0.717, 1.165) is 0 Å². The summed E-state index contributed by atoms with van der Waals surface area (Å²) in [7, 11) is 0. The first-order chi connectivity index (χ1) is 7.00. The first-order valence-electron chi connectivity index (χ1n) is 5.14. The fourth-order valence-electron chi connectivity index (χ4n) is 2.56. The maximum absolute atomic E-state index is 13.5. The average Bonchev–Trinajstić information content (AvgIpc) is 2.68. The lowest BCUT2D eigenvalue weighted by molar-refractivity contribution is 0.527. The van der Waals surface area contributed by atoms with Gasteiger partial charge in [0.05, 0.1) is 0 Å². The molecule has 2 rings (SSSR count). The number of benzene rings is 1. The normalized spacial score (nSPS) is 27.8. The van der Waals surface area contributed by atoms with Crippen molar-refractivity contribution in [3.8, 4) is 0 Å². The number of halogens is 2. The van der Waals surface area contributed by atoms with Gasteiger partial charge in [0.25, 0.3) is 0 Å². The van der Waals surface area contributed by atoms with Gasteiger partial charge in [-0.3, -0.25) is 0 Å². The maximum Gasteiger partial charge on any atom is 0.129 e. The Balaban J connectivity index is 2.41. The minimum atomic E-state index is -0.455. The molecule has 0 aliphatic heterocycles. The van der Waals surface area contributed by atoms with Crippen LogP contribution >= 0.6 is 0 Å². The van der Waals surface area contributed by atoms with Gasteiger partial charge in [-0.25, -0.2) is 8.78 Å². The number of rotatable bonds is 2. The second kappa shape index (κ2) is 3.27. The molecule has 2 N–H and O–H groups in total. The van der Waals surface area contributed by atoms with Gasteiger partial charge in [-0.05, 0) is 35.9 Å². The van der Waals surface area contributed by atoms with Gasteiger partial charge in [-0.2, -0.15) is 0 Å². The van der Waals surface area contributed by atoms with Crippen molar-refractivity contribution in [3.63, 3.8) is 0 Å². The van der Waals surface area contributed by atoms with Crippen molar-refractivity contribution in [2.24, 2.45) is 17.1 Å². The van der Waals surface area contributed by atoms with E-state index in [2.05, 4.69) is 0 Å². The molecule has 0 bridgehead atoms. The Labute approximate surface area is 88.3 Å². The molecule has 15 heavy (non-hydrogen) atoms. The number of hydrogen-bond donors (Lipinski definition) is 1. The number of hydrogen-bond acceptors (Lipinski definition) is 1. The summed E-state index contributed by atoms with van der Waals surface area (Å²) in [6, 6.07) is 4.00. The summed E-state index contributed by atoms with van der Waals surface area (Å²) in [6.45, 7) is 4.48. The Morgan fingerprint density at radius 2 is 1.80 bits per heavy atom. The molecule has 0 heterocycles. The second-order valence-electron chi connectivity index (χ2n) is 4.78. The van der Waals surface area contributed by atoms with Crippen LogP contribution in [0.1, 0.15) is 25.3 Å². The van der Waals surface area contributed by atoms with E-state index in [4.69, 9.17) is 5.73 Å². The van der Waals surface area contributed by atoms with E-state index in [9.17, 15) is 8.78 Å². The Morgan fingerprint density at radius 3 is 2.20 bits per heavy atom. The van der Waals surface area contributed by atoms with Gasteiger partial charge in [-0.15, -0.1) is 0 Å². The summed E-state index contributed by atoms with van der Waals surface area (Å²) >= 11 is 0. The quantitative estimate of drug-likeness (QED) is 0.799. The van der Waals surface area contributed by atoms with Crippen molar-refractivity contribution in [2.75, 3.05) is 6.54 Å². The van der Waals surface area contributed by atoms with Crippen LogP contribution < -0.4 is 5.73 Å². The van der Waals surface area contributed by atoms with Gasteiger partial charge in [0.2, 0.25) is 0 Å². The lowest BCUT2D eigenvalue weighted by Crippen LogP contribution is -2.05. The molecule has 0 unspecified atom stereocenters. The van der Waals surface area contributed by atoms with Crippen LogP contribution in [0.25, 0.3) is 0 Å². The largest absolute Gasteiger partial charge is 0.330 e. The maximum atomic E-state index is 13.5. The molecular formula is C12H15F2N. The molecule has 1 aromatic carbocycles. The molecule has 1 fully saturated rings. The Bertz CT molecular complexity index is 367. The predicted molar refractivity (Wildman–Crippen MR) is 55.4 cm³/mol. The zero-order chi connectivity index (χ0) is 11.2. The zero-order valence-electron chi connectivity index (χ0n) is 8.93. The lowest BCUT2D eigenvalue weighted by Gasteiger charge is -2.05. The van der Waals surface area contributed by atoms with Crippen LogP contribution in [0.2, 0.25) is 0 Å². The van der Waals surface area contributed by atoms with Crippen LogP contribution in [0.3, 0.4) is 0 Å². The van der Waals surface area contributed by atoms with E-state index in [1.54, 1.807) is 0 Å². The first kappa shape index (κ1) is 10.6. The van der Waals surface area contributed by atoms with Crippen molar-refractivity contribution in [1.29, 1.82) is 0 Å². The molecule has 0 radical (unpaired) electrons. The third-order valence-corrected chi connectivity index (χ3v) is 3.62. The van der Waals surface area contributed by atoms with Crippen LogP contribution in [0, 0.1) is 23.0 Å². The molecule has 0 spiro atoms. The van der Waals surface area contributed by atoms with Crippen molar-refractivity contribution >= 4 is 0 Å². The topological polar surface area (TPSA) is 26.0 Å². The molecule has 3 heteroatoms. The summed E-state index contributed by atoms with van der Waals surface area (Å²) in [6.07, 6.45) is 0. The summed E-state index contributed by atoms with van der Waals surface area (Å²) in [5.41, 5.74) is 5.71. The standard InChI is InChI=1S/C12H15F2N/c1-12(2)7(6-15)11(12)10-8(13)4-3-5-9(10)14/h3-5,7,11H,6,15H2,1-2H3/t7-,11+/m0/s1. The van der Waals surface area contributed by atoms with Gasteiger partial charge >= 0.3 is 0 Å².